The molecule has 0 aliphatic carbocycles. The van der Waals surface area contributed by atoms with E-state index in [1.165, 1.54) is 128 Å². The molecule has 7 heteroatoms. The molecule has 0 aromatic carbocycles. The van der Waals surface area contributed by atoms with Crippen LogP contribution >= 0.6 is 0 Å². The van der Waals surface area contributed by atoms with Gasteiger partial charge in [0, 0.05) is 12.8 Å². The van der Waals surface area contributed by atoms with Gasteiger partial charge in [0.2, 0.25) is 0 Å². The number of hydrogen-bond acceptors (Lipinski definition) is 5. The van der Waals surface area contributed by atoms with Crippen LogP contribution in [0.4, 0.5) is 0 Å². The van der Waals surface area contributed by atoms with Crippen molar-refractivity contribution in [2.75, 3.05) is 13.2 Å². The Morgan fingerprint density at radius 2 is 0.625 bits per heavy atom. The Bertz CT molecular complexity index is 481. The van der Waals surface area contributed by atoms with Crippen molar-refractivity contribution in [3.05, 3.63) is 0 Å². The molecule has 0 atom stereocenters. The molecule has 0 bridgehead atoms. The number of carboxylic acid groups (broad SMARTS) is 2. The Labute approximate surface area is 247 Å². The molecule has 0 aromatic heterocycles. The van der Waals surface area contributed by atoms with Gasteiger partial charge in [0.15, 0.2) is 0 Å². The number of carbonyl (C=O) groups is 2. The van der Waals surface area contributed by atoms with Gasteiger partial charge in [-0.15, -0.1) is 0 Å². The van der Waals surface area contributed by atoms with Gasteiger partial charge in [-0.2, -0.15) is 0 Å². The van der Waals surface area contributed by atoms with E-state index >= 15 is 0 Å². The molecule has 0 fully saturated rings. The minimum absolute atomic E-state index is 0.344. The predicted molar refractivity (Wildman–Crippen MR) is 167 cm³/mol. The SMILES string of the molecule is CCCCCCCCCCCCCC(=O)O.CCCCCCCCCCCCCCCC(=O)O.OCC(O)CO. The van der Waals surface area contributed by atoms with E-state index in [2.05, 4.69) is 13.8 Å². The third-order valence-corrected chi connectivity index (χ3v) is 6.91. The van der Waals surface area contributed by atoms with Gasteiger partial charge in [0.25, 0.3) is 0 Å². The zero-order valence-corrected chi connectivity index (χ0v) is 26.4. The molecule has 0 spiro atoms. The largest absolute Gasteiger partial charge is 0.481 e. The van der Waals surface area contributed by atoms with E-state index in [9.17, 15) is 9.59 Å². The summed E-state index contributed by atoms with van der Waals surface area (Å²) in [6, 6.07) is 0. The van der Waals surface area contributed by atoms with Crippen molar-refractivity contribution in [3.63, 3.8) is 0 Å². The molecule has 0 radical (unpaired) electrons. The van der Waals surface area contributed by atoms with E-state index < -0.39 is 18.0 Å². The van der Waals surface area contributed by atoms with Crippen LogP contribution < -0.4 is 0 Å². The minimum Gasteiger partial charge on any atom is -0.481 e. The molecule has 0 aliphatic heterocycles. The second-order valence-electron chi connectivity index (χ2n) is 11.1. The number of hydrogen-bond donors (Lipinski definition) is 5. The first-order chi connectivity index (χ1) is 19.3. The van der Waals surface area contributed by atoms with Crippen LogP contribution in [0.1, 0.15) is 181 Å². The monoisotopic (exact) mass is 576 g/mol. The molecular weight excluding hydrogens is 508 g/mol. The van der Waals surface area contributed by atoms with E-state index in [-0.39, 0.29) is 13.2 Å². The molecule has 5 N–H and O–H groups in total. The molecule has 0 unspecified atom stereocenters. The number of aliphatic hydroxyl groups is 3. The average molecular weight is 577 g/mol. The van der Waals surface area contributed by atoms with Crippen LogP contribution in [0.15, 0.2) is 0 Å². The summed E-state index contributed by atoms with van der Waals surface area (Å²) in [7, 11) is 0. The lowest BCUT2D eigenvalue weighted by atomic mass is 10.0. The summed E-state index contributed by atoms with van der Waals surface area (Å²) in [5.74, 6) is -1.31. The van der Waals surface area contributed by atoms with Crippen molar-refractivity contribution in [1.29, 1.82) is 0 Å². The van der Waals surface area contributed by atoms with Crippen molar-refractivity contribution >= 4 is 11.9 Å². The first kappa shape index (κ1) is 43.3. The lowest BCUT2D eigenvalue weighted by molar-refractivity contribution is -0.138. The van der Waals surface area contributed by atoms with Gasteiger partial charge in [-0.3, -0.25) is 9.59 Å². The van der Waals surface area contributed by atoms with Crippen LogP contribution in [0, 0.1) is 0 Å². The Morgan fingerprint density at radius 1 is 0.425 bits per heavy atom. The highest BCUT2D eigenvalue weighted by atomic mass is 16.4. The summed E-state index contributed by atoms with van der Waals surface area (Å²) < 4.78 is 0. The predicted octanol–water partition coefficient (Wildman–Crippen LogP) is 8.66. The molecule has 7 nitrogen and oxygen atoms in total. The minimum atomic E-state index is -0.954. The number of carboxylic acids is 2. The number of rotatable bonds is 28. The Hall–Kier alpha value is -1.18. The maximum absolute atomic E-state index is 10.3. The molecule has 242 valence electrons. The number of aliphatic hydroxyl groups excluding tert-OH is 3. The van der Waals surface area contributed by atoms with Gasteiger partial charge >= 0.3 is 11.9 Å². The summed E-state index contributed by atoms with van der Waals surface area (Å²) >= 11 is 0. The highest BCUT2D eigenvalue weighted by molar-refractivity contribution is 5.66. The van der Waals surface area contributed by atoms with E-state index in [4.69, 9.17) is 25.5 Å². The maximum Gasteiger partial charge on any atom is 0.303 e. The second-order valence-corrected chi connectivity index (χ2v) is 11.1. The third kappa shape index (κ3) is 49.7. The van der Waals surface area contributed by atoms with E-state index in [0.717, 1.165) is 25.7 Å². The van der Waals surface area contributed by atoms with Gasteiger partial charge in [0.1, 0.15) is 6.10 Å². The maximum atomic E-state index is 10.3. The highest BCUT2D eigenvalue weighted by Gasteiger charge is 1.98. The fourth-order valence-electron chi connectivity index (χ4n) is 4.29. The van der Waals surface area contributed by atoms with E-state index in [0.29, 0.717) is 12.8 Å². The van der Waals surface area contributed by atoms with Gasteiger partial charge in [-0.25, -0.2) is 0 Å². The standard InChI is InChI=1S/C16H32O2.C14H28O2.C3H8O3/c1-2-3-4-5-6-7-8-9-10-11-12-13-14-15-16(17)18;1-2-3-4-5-6-7-8-9-10-11-12-13-14(15)16;4-1-3(6)2-5/h2-15H2,1H3,(H,17,18);2-13H2,1H3,(H,15,16);3-6H,1-2H2. The van der Waals surface area contributed by atoms with Crippen molar-refractivity contribution in [2.24, 2.45) is 0 Å². The van der Waals surface area contributed by atoms with Crippen molar-refractivity contribution < 1.29 is 35.1 Å². The number of unbranched alkanes of at least 4 members (excludes halogenated alkanes) is 22. The Kier molecular flexibility index (Phi) is 43.2. The topological polar surface area (TPSA) is 135 Å². The summed E-state index contributed by atoms with van der Waals surface area (Å²) in [4.78, 5) is 20.6. The van der Waals surface area contributed by atoms with Crippen LogP contribution in [-0.4, -0.2) is 56.8 Å². The summed E-state index contributed by atoms with van der Waals surface area (Å²) in [6.07, 6.45) is 30.7. The van der Waals surface area contributed by atoms with Crippen LogP contribution in [0.25, 0.3) is 0 Å². The molecule has 0 rings (SSSR count). The first-order valence-electron chi connectivity index (χ1n) is 16.7. The molecule has 0 saturated heterocycles. The Balaban J connectivity index is -0.000000572. The summed E-state index contributed by atoms with van der Waals surface area (Å²) in [5, 5.41) is 41.0. The first-order valence-corrected chi connectivity index (χ1v) is 16.7. The number of aliphatic carboxylic acids is 2. The van der Waals surface area contributed by atoms with Crippen LogP contribution in [-0.2, 0) is 9.59 Å². The van der Waals surface area contributed by atoms with Crippen LogP contribution in [0.2, 0.25) is 0 Å². The van der Waals surface area contributed by atoms with Crippen LogP contribution in [0.3, 0.4) is 0 Å². The van der Waals surface area contributed by atoms with Crippen molar-refractivity contribution in [3.8, 4) is 0 Å². The highest BCUT2D eigenvalue weighted by Crippen LogP contribution is 2.13. The van der Waals surface area contributed by atoms with Gasteiger partial charge in [0.05, 0.1) is 13.2 Å². The lowest BCUT2D eigenvalue weighted by Gasteiger charge is -2.02. The smallest absolute Gasteiger partial charge is 0.303 e. The average Bonchev–Trinajstić information content (AvgIpc) is 2.94. The van der Waals surface area contributed by atoms with Gasteiger partial charge in [-0.1, -0.05) is 155 Å². The van der Waals surface area contributed by atoms with E-state index in [1.807, 2.05) is 0 Å². The van der Waals surface area contributed by atoms with E-state index in [1.54, 1.807) is 0 Å². The van der Waals surface area contributed by atoms with Crippen molar-refractivity contribution in [2.45, 2.75) is 187 Å². The quantitative estimate of drug-likeness (QED) is 0.0588. The molecule has 40 heavy (non-hydrogen) atoms. The zero-order valence-electron chi connectivity index (χ0n) is 26.4. The fourth-order valence-corrected chi connectivity index (χ4v) is 4.29. The van der Waals surface area contributed by atoms with Gasteiger partial charge < -0.3 is 25.5 Å². The summed E-state index contributed by atoms with van der Waals surface area (Å²) in [5.41, 5.74) is 0. The Morgan fingerprint density at radius 3 is 0.775 bits per heavy atom. The second kappa shape index (κ2) is 40.0. The molecule has 0 aliphatic rings. The van der Waals surface area contributed by atoms with Crippen molar-refractivity contribution in [1.82, 2.24) is 0 Å². The normalized spacial score (nSPS) is 10.6. The molecule has 0 heterocycles. The third-order valence-electron chi connectivity index (χ3n) is 6.91. The lowest BCUT2D eigenvalue weighted by Crippen LogP contribution is -2.15. The molecule has 0 amide bonds. The summed E-state index contributed by atoms with van der Waals surface area (Å²) in [6.45, 7) is 3.78. The zero-order chi connectivity index (χ0) is 30.5. The molecular formula is C33H68O7. The van der Waals surface area contributed by atoms with Crippen LogP contribution in [0.5, 0.6) is 0 Å². The molecule has 0 saturated carbocycles. The fraction of sp³-hybridized carbons (Fsp3) is 0.939. The molecule has 0 aromatic rings. The van der Waals surface area contributed by atoms with Gasteiger partial charge in [-0.05, 0) is 12.8 Å².